The number of sulfonamides is 1. The summed E-state index contributed by atoms with van der Waals surface area (Å²) in [6.45, 7) is 0. The number of hydrogen-bond donors (Lipinski definition) is 2. The van der Waals surface area contributed by atoms with Gasteiger partial charge in [-0.05, 0) is 24.3 Å². The predicted molar refractivity (Wildman–Crippen MR) is 77.8 cm³/mol. The Morgan fingerprint density at radius 3 is 2.63 bits per heavy atom. The number of benzene rings is 1. The number of carbonyl (C=O) groups is 1. The summed E-state index contributed by atoms with van der Waals surface area (Å²) >= 11 is 4.25. The molecule has 0 fully saturated rings. The molecule has 0 spiro atoms. The molecule has 0 aliphatic heterocycles. The number of hydrogen-bond acceptors (Lipinski definition) is 4. The second-order valence-corrected chi connectivity index (χ2v) is 7.14. The number of carbonyl (C=O) groups excluding carboxylic acids is 1. The minimum atomic E-state index is -3.71. The Morgan fingerprint density at radius 2 is 2.05 bits per heavy atom. The van der Waals surface area contributed by atoms with Crippen molar-refractivity contribution in [1.29, 1.82) is 0 Å². The van der Waals surface area contributed by atoms with E-state index in [2.05, 4.69) is 20.7 Å². The van der Waals surface area contributed by atoms with Crippen LogP contribution in [0.2, 0.25) is 0 Å². The first-order chi connectivity index (χ1) is 8.88. The topological polar surface area (TPSA) is 89.3 Å². The molecule has 0 bridgehead atoms. The first-order valence-electron chi connectivity index (χ1n) is 5.05. The van der Waals surface area contributed by atoms with E-state index < -0.39 is 15.9 Å². The van der Waals surface area contributed by atoms with Crippen molar-refractivity contribution in [2.24, 2.45) is 5.73 Å². The van der Waals surface area contributed by atoms with Gasteiger partial charge in [0.05, 0.1) is 9.77 Å². The Kier molecular flexibility index (Phi) is 3.93. The van der Waals surface area contributed by atoms with Crippen LogP contribution in [0.4, 0.5) is 5.69 Å². The smallest absolute Gasteiger partial charge is 0.262 e. The van der Waals surface area contributed by atoms with Crippen molar-refractivity contribution in [3.63, 3.8) is 0 Å². The minimum Gasteiger partial charge on any atom is -0.365 e. The summed E-state index contributed by atoms with van der Waals surface area (Å²) in [6.07, 6.45) is 0. The summed E-state index contributed by atoms with van der Waals surface area (Å²) in [5.74, 6) is -0.645. The van der Waals surface area contributed by atoms with Gasteiger partial charge in [-0.25, -0.2) is 8.42 Å². The molecule has 2 rings (SSSR count). The summed E-state index contributed by atoms with van der Waals surface area (Å²) in [4.78, 5) is 11.2. The zero-order chi connectivity index (χ0) is 14.0. The van der Waals surface area contributed by atoms with Crippen molar-refractivity contribution in [3.8, 4) is 0 Å². The highest BCUT2D eigenvalue weighted by atomic mass is 79.9. The third-order valence-electron chi connectivity index (χ3n) is 2.21. The fraction of sp³-hybridized carbons (Fsp3) is 0. The number of nitrogens with two attached hydrogens (primary N) is 1. The van der Waals surface area contributed by atoms with Gasteiger partial charge in [-0.15, -0.1) is 11.3 Å². The Bertz CT molecular complexity index is 725. The van der Waals surface area contributed by atoms with E-state index in [1.54, 1.807) is 24.3 Å². The maximum absolute atomic E-state index is 12.1. The number of amides is 1. The zero-order valence-electron chi connectivity index (χ0n) is 9.46. The maximum Gasteiger partial charge on any atom is 0.262 e. The standard InChI is InChI=1S/C11H9BrN2O3S2/c12-7-2-1-3-8(4-7)14-19(16,17)9-5-10(11(13)15)18-6-9/h1-6,14H,(H2,13,15). The van der Waals surface area contributed by atoms with Crippen LogP contribution in [0.5, 0.6) is 0 Å². The molecule has 0 aliphatic carbocycles. The molecule has 1 heterocycles. The summed E-state index contributed by atoms with van der Waals surface area (Å²) in [6, 6.07) is 8.02. The van der Waals surface area contributed by atoms with E-state index in [4.69, 9.17) is 5.73 Å². The number of thiophene rings is 1. The van der Waals surface area contributed by atoms with Crippen molar-refractivity contribution in [1.82, 2.24) is 0 Å². The minimum absolute atomic E-state index is 0.0197. The lowest BCUT2D eigenvalue weighted by Gasteiger charge is -2.06. The Hall–Kier alpha value is -1.38. The molecular formula is C11H9BrN2O3S2. The van der Waals surface area contributed by atoms with Crippen LogP contribution < -0.4 is 10.5 Å². The van der Waals surface area contributed by atoms with E-state index in [0.29, 0.717) is 5.69 Å². The van der Waals surface area contributed by atoms with Crippen LogP contribution in [0, 0.1) is 0 Å². The van der Waals surface area contributed by atoms with Crippen molar-refractivity contribution in [2.45, 2.75) is 4.90 Å². The van der Waals surface area contributed by atoms with Crippen LogP contribution >= 0.6 is 27.3 Å². The first kappa shape index (κ1) is 14.0. The molecule has 1 amide bonds. The quantitative estimate of drug-likeness (QED) is 0.876. The third-order valence-corrected chi connectivity index (χ3v) is 5.15. The van der Waals surface area contributed by atoms with Crippen LogP contribution in [0.25, 0.3) is 0 Å². The highest BCUT2D eigenvalue weighted by Crippen LogP contribution is 2.23. The molecule has 0 aliphatic rings. The number of nitrogens with one attached hydrogen (secondary N) is 1. The van der Waals surface area contributed by atoms with Gasteiger partial charge < -0.3 is 5.73 Å². The summed E-state index contributed by atoms with van der Waals surface area (Å²) < 4.78 is 27.3. The molecular weight excluding hydrogens is 352 g/mol. The molecule has 3 N–H and O–H groups in total. The monoisotopic (exact) mass is 360 g/mol. The Morgan fingerprint density at radius 1 is 1.32 bits per heavy atom. The highest BCUT2D eigenvalue weighted by molar-refractivity contribution is 9.10. The predicted octanol–water partition coefficient (Wildman–Crippen LogP) is 2.41. The van der Waals surface area contributed by atoms with E-state index in [-0.39, 0.29) is 9.77 Å². The average molecular weight is 361 g/mol. The molecule has 1 aromatic heterocycles. The lowest BCUT2D eigenvalue weighted by atomic mass is 10.3. The molecule has 2 aromatic rings. The fourth-order valence-corrected chi connectivity index (χ4v) is 3.93. The first-order valence-corrected chi connectivity index (χ1v) is 8.21. The van der Waals surface area contributed by atoms with E-state index in [9.17, 15) is 13.2 Å². The van der Waals surface area contributed by atoms with Crippen molar-refractivity contribution in [2.75, 3.05) is 4.72 Å². The molecule has 19 heavy (non-hydrogen) atoms. The van der Waals surface area contributed by atoms with Crippen molar-refractivity contribution < 1.29 is 13.2 Å². The Balaban J connectivity index is 2.29. The van der Waals surface area contributed by atoms with Crippen LogP contribution in [0.15, 0.2) is 45.1 Å². The third kappa shape index (κ3) is 3.34. The molecule has 1 aromatic carbocycles. The van der Waals surface area contributed by atoms with E-state index in [0.717, 1.165) is 15.8 Å². The molecule has 0 saturated heterocycles. The van der Waals surface area contributed by atoms with Gasteiger partial charge in [0.1, 0.15) is 0 Å². The Labute approximate surface area is 122 Å². The number of anilines is 1. The van der Waals surface area contributed by atoms with Gasteiger partial charge in [-0.2, -0.15) is 0 Å². The summed E-state index contributed by atoms with van der Waals surface area (Å²) in [5, 5.41) is 1.38. The van der Waals surface area contributed by atoms with Gasteiger partial charge in [-0.3, -0.25) is 9.52 Å². The SMILES string of the molecule is NC(=O)c1cc(S(=O)(=O)Nc2cccc(Br)c2)cs1. The van der Waals surface area contributed by atoms with Gasteiger partial charge in [0, 0.05) is 15.5 Å². The molecule has 8 heteroatoms. The van der Waals surface area contributed by atoms with Crippen molar-refractivity contribution in [3.05, 3.63) is 45.1 Å². The van der Waals surface area contributed by atoms with Crippen LogP contribution in [0.1, 0.15) is 9.67 Å². The van der Waals surface area contributed by atoms with E-state index in [1.807, 2.05) is 0 Å². The summed E-state index contributed by atoms with van der Waals surface area (Å²) in [5.41, 5.74) is 5.52. The normalized spacial score (nSPS) is 11.2. The molecule has 0 saturated carbocycles. The summed E-state index contributed by atoms with van der Waals surface area (Å²) in [7, 11) is -3.71. The van der Waals surface area contributed by atoms with Crippen LogP contribution in [-0.4, -0.2) is 14.3 Å². The van der Waals surface area contributed by atoms with Gasteiger partial charge in [-0.1, -0.05) is 22.0 Å². The number of primary amides is 1. The van der Waals surface area contributed by atoms with Gasteiger partial charge in [0.25, 0.3) is 15.9 Å². The zero-order valence-corrected chi connectivity index (χ0v) is 12.7. The molecule has 0 unspecified atom stereocenters. The van der Waals surface area contributed by atoms with Gasteiger partial charge in [0.15, 0.2) is 0 Å². The second kappa shape index (κ2) is 5.32. The van der Waals surface area contributed by atoms with Gasteiger partial charge in [0.2, 0.25) is 0 Å². The molecule has 5 nitrogen and oxygen atoms in total. The van der Waals surface area contributed by atoms with E-state index >= 15 is 0 Å². The highest BCUT2D eigenvalue weighted by Gasteiger charge is 2.18. The second-order valence-electron chi connectivity index (χ2n) is 3.63. The van der Waals surface area contributed by atoms with E-state index in [1.165, 1.54) is 11.4 Å². The fourth-order valence-electron chi connectivity index (χ4n) is 1.35. The molecule has 0 atom stereocenters. The van der Waals surface area contributed by atoms with Gasteiger partial charge >= 0.3 is 0 Å². The molecule has 100 valence electrons. The van der Waals surface area contributed by atoms with Crippen LogP contribution in [0.3, 0.4) is 0 Å². The maximum atomic E-state index is 12.1. The average Bonchev–Trinajstić information content (AvgIpc) is 2.78. The van der Waals surface area contributed by atoms with Crippen LogP contribution in [-0.2, 0) is 10.0 Å². The number of rotatable bonds is 4. The van der Waals surface area contributed by atoms with Crippen molar-refractivity contribution >= 4 is 48.9 Å². The molecule has 0 radical (unpaired) electrons. The largest absolute Gasteiger partial charge is 0.365 e. The number of halogens is 1. The lowest BCUT2D eigenvalue weighted by molar-refractivity contribution is 0.100. The lowest BCUT2D eigenvalue weighted by Crippen LogP contribution is -2.13.